The van der Waals surface area contributed by atoms with Gasteiger partial charge in [0.05, 0.1) is 6.10 Å². The summed E-state index contributed by atoms with van der Waals surface area (Å²) in [4.78, 5) is 16.1. The molecule has 0 unspecified atom stereocenters. The van der Waals surface area contributed by atoms with Gasteiger partial charge in [0.15, 0.2) is 0 Å². The van der Waals surface area contributed by atoms with Crippen LogP contribution in [0.15, 0.2) is 0 Å². The summed E-state index contributed by atoms with van der Waals surface area (Å²) in [6.45, 7) is 6.61. The van der Waals surface area contributed by atoms with Crippen LogP contribution in [0, 0.1) is 5.92 Å². The minimum absolute atomic E-state index is 0.0867. The first-order chi connectivity index (χ1) is 9.15. The molecule has 0 bridgehead atoms. The van der Waals surface area contributed by atoms with Crippen molar-refractivity contribution in [2.45, 2.75) is 38.7 Å². The number of carbonyl (C=O) groups is 1. The first-order valence-electron chi connectivity index (χ1n) is 7.58. The molecule has 0 radical (unpaired) electrons. The summed E-state index contributed by atoms with van der Waals surface area (Å²) in [7, 11) is 0. The summed E-state index contributed by atoms with van der Waals surface area (Å²) in [6, 6.07) is 0.0867. The maximum Gasteiger partial charge on any atom is 0.317 e. The van der Waals surface area contributed by atoms with E-state index in [9.17, 15) is 9.90 Å². The Bertz CT molecular complexity index is 282. The molecule has 0 aromatic heterocycles. The van der Waals surface area contributed by atoms with E-state index in [-0.39, 0.29) is 12.1 Å². The van der Waals surface area contributed by atoms with Gasteiger partial charge in [-0.3, -0.25) is 4.90 Å². The van der Waals surface area contributed by atoms with Crippen LogP contribution in [0.1, 0.15) is 32.6 Å². The number of aliphatic hydroxyl groups is 1. The Morgan fingerprint density at radius 1 is 1.26 bits per heavy atom. The van der Waals surface area contributed by atoms with Crippen LogP contribution in [0.5, 0.6) is 0 Å². The third kappa shape index (κ3) is 4.66. The normalized spacial score (nSPS) is 23.6. The Morgan fingerprint density at radius 3 is 2.47 bits per heavy atom. The molecule has 2 fully saturated rings. The van der Waals surface area contributed by atoms with Crippen LogP contribution in [0.4, 0.5) is 4.79 Å². The zero-order valence-electron chi connectivity index (χ0n) is 12.0. The van der Waals surface area contributed by atoms with Gasteiger partial charge in [-0.2, -0.15) is 0 Å². The fraction of sp³-hybridized carbons (Fsp3) is 0.929. The zero-order valence-corrected chi connectivity index (χ0v) is 12.0. The Morgan fingerprint density at radius 2 is 1.89 bits per heavy atom. The van der Waals surface area contributed by atoms with E-state index in [1.54, 1.807) is 6.92 Å². The van der Waals surface area contributed by atoms with Crippen LogP contribution in [-0.2, 0) is 0 Å². The summed E-state index contributed by atoms with van der Waals surface area (Å²) in [6.07, 6.45) is 4.88. The van der Waals surface area contributed by atoms with Gasteiger partial charge >= 0.3 is 6.03 Å². The van der Waals surface area contributed by atoms with E-state index in [2.05, 4.69) is 10.2 Å². The highest BCUT2D eigenvalue weighted by Gasteiger charge is 2.22. The average molecular weight is 269 g/mol. The molecule has 2 aliphatic rings. The monoisotopic (exact) mass is 269 g/mol. The molecular weight excluding hydrogens is 242 g/mol. The smallest absolute Gasteiger partial charge is 0.317 e. The van der Waals surface area contributed by atoms with E-state index < -0.39 is 0 Å². The zero-order chi connectivity index (χ0) is 13.7. The Kier molecular flexibility index (Phi) is 5.45. The highest BCUT2D eigenvalue weighted by atomic mass is 16.3. The summed E-state index contributed by atoms with van der Waals surface area (Å²) in [5.41, 5.74) is 0. The number of hydrogen-bond acceptors (Lipinski definition) is 3. The van der Waals surface area contributed by atoms with Crippen LogP contribution < -0.4 is 5.32 Å². The third-order valence-corrected chi connectivity index (χ3v) is 4.20. The molecule has 1 saturated heterocycles. The summed E-state index contributed by atoms with van der Waals surface area (Å²) < 4.78 is 0. The van der Waals surface area contributed by atoms with E-state index in [0.29, 0.717) is 12.5 Å². The third-order valence-electron chi connectivity index (χ3n) is 4.20. The number of piperazine rings is 1. The van der Waals surface area contributed by atoms with Gasteiger partial charge < -0.3 is 15.3 Å². The van der Waals surface area contributed by atoms with Crippen LogP contribution in [0.2, 0.25) is 0 Å². The summed E-state index contributed by atoms with van der Waals surface area (Å²) in [5.74, 6) is 0.695. The number of amides is 2. The van der Waals surface area contributed by atoms with Gasteiger partial charge in [-0.1, -0.05) is 12.8 Å². The molecule has 19 heavy (non-hydrogen) atoms. The lowest BCUT2D eigenvalue weighted by atomic mass is 10.1. The van der Waals surface area contributed by atoms with Gasteiger partial charge in [0.25, 0.3) is 0 Å². The molecule has 2 amide bonds. The van der Waals surface area contributed by atoms with Crippen molar-refractivity contribution in [1.82, 2.24) is 15.1 Å². The van der Waals surface area contributed by atoms with E-state index in [1.165, 1.54) is 25.7 Å². The molecule has 5 heteroatoms. The fourth-order valence-electron chi connectivity index (χ4n) is 3.07. The number of urea groups is 1. The van der Waals surface area contributed by atoms with Crippen molar-refractivity contribution in [3.8, 4) is 0 Å². The SMILES string of the molecule is C[C@H](O)CN1CCN(C(=O)NCC2CCCC2)CC1. The molecule has 0 aromatic rings. The van der Waals surface area contributed by atoms with Crippen LogP contribution >= 0.6 is 0 Å². The van der Waals surface area contributed by atoms with Crippen LogP contribution in [-0.4, -0.2) is 66.3 Å². The first kappa shape index (κ1) is 14.6. The molecule has 110 valence electrons. The van der Waals surface area contributed by atoms with Gasteiger partial charge in [0.1, 0.15) is 0 Å². The largest absolute Gasteiger partial charge is 0.392 e. The fourth-order valence-corrected chi connectivity index (χ4v) is 3.07. The number of rotatable bonds is 4. The quantitative estimate of drug-likeness (QED) is 0.797. The number of hydrogen-bond donors (Lipinski definition) is 2. The molecule has 1 atom stereocenters. The second-order valence-electron chi connectivity index (χ2n) is 5.97. The predicted octanol–water partition coefficient (Wildman–Crippen LogP) is 0.885. The number of nitrogens with zero attached hydrogens (tertiary/aromatic N) is 2. The minimum Gasteiger partial charge on any atom is -0.392 e. The first-order valence-corrected chi connectivity index (χ1v) is 7.58. The lowest BCUT2D eigenvalue weighted by Crippen LogP contribution is -2.53. The van der Waals surface area contributed by atoms with Gasteiger partial charge in [0.2, 0.25) is 0 Å². The topological polar surface area (TPSA) is 55.8 Å². The van der Waals surface area contributed by atoms with Crippen LogP contribution in [0.3, 0.4) is 0 Å². The molecular formula is C14H27N3O2. The van der Waals surface area contributed by atoms with Gasteiger partial charge in [-0.25, -0.2) is 4.79 Å². The number of β-amino-alcohol motifs (C(OH)–C–C–N with tert-alkyl or cyclic N) is 1. The standard InChI is InChI=1S/C14H27N3O2/c1-12(18)11-16-6-8-17(9-7-16)14(19)15-10-13-4-2-3-5-13/h12-13,18H,2-11H2,1H3,(H,15,19)/t12-/m0/s1. The Labute approximate surface area is 115 Å². The van der Waals surface area contributed by atoms with E-state index >= 15 is 0 Å². The van der Waals surface area contributed by atoms with E-state index in [0.717, 1.165) is 32.7 Å². The van der Waals surface area contributed by atoms with Crippen molar-refractivity contribution in [3.05, 3.63) is 0 Å². The number of aliphatic hydroxyl groups excluding tert-OH is 1. The van der Waals surface area contributed by atoms with E-state index in [1.807, 2.05) is 4.90 Å². The van der Waals surface area contributed by atoms with Crippen molar-refractivity contribution < 1.29 is 9.90 Å². The summed E-state index contributed by atoms with van der Waals surface area (Å²) >= 11 is 0. The Balaban J connectivity index is 1.64. The lowest BCUT2D eigenvalue weighted by Gasteiger charge is -2.35. The number of nitrogens with one attached hydrogen (secondary N) is 1. The molecule has 2 rings (SSSR count). The lowest BCUT2D eigenvalue weighted by molar-refractivity contribution is 0.0896. The van der Waals surface area contributed by atoms with Crippen LogP contribution in [0.25, 0.3) is 0 Å². The van der Waals surface area contributed by atoms with Gasteiger partial charge in [0, 0.05) is 39.3 Å². The molecule has 1 heterocycles. The predicted molar refractivity (Wildman–Crippen MR) is 75.1 cm³/mol. The van der Waals surface area contributed by atoms with Crippen molar-refractivity contribution >= 4 is 6.03 Å². The molecule has 1 aliphatic heterocycles. The Hall–Kier alpha value is -0.810. The molecule has 1 aliphatic carbocycles. The maximum absolute atomic E-state index is 12.0. The molecule has 1 saturated carbocycles. The highest BCUT2D eigenvalue weighted by Crippen LogP contribution is 2.23. The van der Waals surface area contributed by atoms with Gasteiger partial charge in [-0.15, -0.1) is 0 Å². The summed E-state index contributed by atoms with van der Waals surface area (Å²) in [5, 5.41) is 12.4. The molecule has 0 spiro atoms. The maximum atomic E-state index is 12.0. The molecule has 0 aromatic carbocycles. The van der Waals surface area contributed by atoms with E-state index in [4.69, 9.17) is 0 Å². The average Bonchev–Trinajstić information content (AvgIpc) is 2.89. The highest BCUT2D eigenvalue weighted by molar-refractivity contribution is 5.74. The number of carbonyl (C=O) groups excluding carboxylic acids is 1. The minimum atomic E-state index is -0.289. The van der Waals surface area contributed by atoms with Crippen molar-refractivity contribution in [2.75, 3.05) is 39.3 Å². The van der Waals surface area contributed by atoms with Crippen molar-refractivity contribution in [3.63, 3.8) is 0 Å². The van der Waals surface area contributed by atoms with Gasteiger partial charge in [-0.05, 0) is 25.7 Å². The second-order valence-corrected chi connectivity index (χ2v) is 5.97. The molecule has 2 N–H and O–H groups in total. The van der Waals surface area contributed by atoms with Crippen molar-refractivity contribution in [2.24, 2.45) is 5.92 Å². The second kappa shape index (κ2) is 7.10. The molecule has 5 nitrogen and oxygen atoms in total. The van der Waals surface area contributed by atoms with Crippen molar-refractivity contribution in [1.29, 1.82) is 0 Å².